The molecule has 0 amide bonds. The van der Waals surface area contributed by atoms with Gasteiger partial charge in [-0.2, -0.15) is 5.10 Å². The summed E-state index contributed by atoms with van der Waals surface area (Å²) in [5.74, 6) is -0.634. The summed E-state index contributed by atoms with van der Waals surface area (Å²) in [5, 5.41) is 27.1. The zero-order valence-corrected chi connectivity index (χ0v) is 16.4. The molecule has 0 unspecified atom stereocenters. The molecule has 0 aliphatic carbocycles. The highest BCUT2D eigenvalue weighted by atomic mass is 32.1. The molecular weight excluding hydrogens is 400 g/mol. The molecule has 0 radical (unpaired) electrons. The van der Waals surface area contributed by atoms with Crippen LogP contribution in [0.5, 0.6) is 5.75 Å². The number of nitrogens with one attached hydrogen (secondary N) is 1. The van der Waals surface area contributed by atoms with Gasteiger partial charge in [-0.3, -0.25) is 15.5 Å². The summed E-state index contributed by atoms with van der Waals surface area (Å²) in [6.07, 6.45) is 1.41. The van der Waals surface area contributed by atoms with Crippen molar-refractivity contribution in [2.45, 2.75) is 0 Å². The number of nitro benzene ring substituents is 1. The molecule has 4 rings (SSSR count). The van der Waals surface area contributed by atoms with Crippen molar-refractivity contribution >= 4 is 28.4 Å². The van der Waals surface area contributed by atoms with Gasteiger partial charge in [-0.05, 0) is 11.3 Å². The summed E-state index contributed by atoms with van der Waals surface area (Å²) in [6, 6.07) is 23.7. The van der Waals surface area contributed by atoms with E-state index in [2.05, 4.69) is 15.5 Å². The van der Waals surface area contributed by atoms with E-state index >= 15 is 0 Å². The van der Waals surface area contributed by atoms with Crippen LogP contribution < -0.4 is 10.5 Å². The van der Waals surface area contributed by atoms with Gasteiger partial charge in [0, 0.05) is 17.2 Å². The molecular formula is C22H15N4O3S-. The summed E-state index contributed by atoms with van der Waals surface area (Å²) in [4.78, 5) is 15.9. The number of aromatic nitrogens is 1. The van der Waals surface area contributed by atoms with E-state index in [1.165, 1.54) is 29.7 Å². The largest absolute Gasteiger partial charge is 0.868 e. The van der Waals surface area contributed by atoms with Gasteiger partial charge in [0.1, 0.15) is 0 Å². The van der Waals surface area contributed by atoms with Crippen molar-refractivity contribution in [1.29, 1.82) is 0 Å². The molecule has 148 valence electrons. The minimum absolute atomic E-state index is 0.442. The summed E-state index contributed by atoms with van der Waals surface area (Å²) in [5.41, 5.74) is 5.73. The normalized spacial score (nSPS) is 10.9. The Hall–Kier alpha value is -4.04. The lowest BCUT2D eigenvalue weighted by molar-refractivity contribution is -0.398. The highest BCUT2D eigenvalue weighted by molar-refractivity contribution is 7.19. The number of nitrogens with zero attached hydrogens (tertiary/aromatic N) is 3. The van der Waals surface area contributed by atoms with E-state index < -0.39 is 16.4 Å². The zero-order chi connectivity index (χ0) is 20.9. The average molecular weight is 415 g/mol. The predicted octanol–water partition coefficient (Wildman–Crippen LogP) is 4.90. The maximum Gasteiger partial charge on any atom is 0.262 e. The third-order valence-electron chi connectivity index (χ3n) is 4.26. The number of rotatable bonds is 6. The first-order chi connectivity index (χ1) is 14.6. The number of hydrogen-bond acceptors (Lipinski definition) is 7. The second-order valence-corrected chi connectivity index (χ2v) is 7.28. The molecule has 8 heteroatoms. The van der Waals surface area contributed by atoms with E-state index in [0.29, 0.717) is 10.7 Å². The van der Waals surface area contributed by atoms with Crippen LogP contribution in [0.1, 0.15) is 5.56 Å². The maximum atomic E-state index is 11.5. The van der Waals surface area contributed by atoms with E-state index in [9.17, 15) is 15.2 Å². The van der Waals surface area contributed by atoms with Gasteiger partial charge in [-0.1, -0.05) is 84.1 Å². The van der Waals surface area contributed by atoms with Gasteiger partial charge < -0.3 is 5.11 Å². The molecule has 1 heterocycles. The number of nitro groups is 1. The van der Waals surface area contributed by atoms with Gasteiger partial charge in [0.25, 0.3) is 5.69 Å². The summed E-state index contributed by atoms with van der Waals surface area (Å²) < 4.78 is 0. The first-order valence-electron chi connectivity index (χ1n) is 8.98. The molecule has 3 aromatic carbocycles. The Balaban J connectivity index is 1.63. The van der Waals surface area contributed by atoms with Crippen molar-refractivity contribution in [3.05, 3.63) is 94.5 Å². The van der Waals surface area contributed by atoms with Crippen LogP contribution in [0.25, 0.3) is 21.7 Å². The second-order valence-electron chi connectivity index (χ2n) is 6.28. The number of hydrazone groups is 1. The van der Waals surface area contributed by atoms with Crippen LogP contribution in [0.3, 0.4) is 0 Å². The zero-order valence-electron chi connectivity index (χ0n) is 15.6. The SMILES string of the molecule is O=[N+]([O-])c1cc(/C=N\Nc2nc(-c3ccccc3)c(-c3ccccc3)s2)ccc1[O-]. The monoisotopic (exact) mass is 415 g/mol. The van der Waals surface area contributed by atoms with E-state index in [1.54, 1.807) is 0 Å². The lowest BCUT2D eigenvalue weighted by Gasteiger charge is -2.05. The lowest BCUT2D eigenvalue weighted by Crippen LogP contribution is -1.99. The lowest BCUT2D eigenvalue weighted by atomic mass is 10.1. The second kappa shape index (κ2) is 8.54. The topological polar surface area (TPSA) is 103 Å². The Labute approximate surface area is 176 Å². The number of benzene rings is 3. The van der Waals surface area contributed by atoms with Crippen LogP contribution in [0.4, 0.5) is 10.8 Å². The number of anilines is 1. The molecule has 4 aromatic rings. The van der Waals surface area contributed by atoms with Crippen LogP contribution in [0.2, 0.25) is 0 Å². The minimum Gasteiger partial charge on any atom is -0.868 e. The van der Waals surface area contributed by atoms with Gasteiger partial charge in [0.05, 0.1) is 21.7 Å². The van der Waals surface area contributed by atoms with E-state index in [1.807, 2.05) is 60.7 Å². The third-order valence-corrected chi connectivity index (χ3v) is 5.27. The summed E-state index contributed by atoms with van der Waals surface area (Å²) in [7, 11) is 0. The van der Waals surface area contributed by atoms with Crippen molar-refractivity contribution in [1.82, 2.24) is 4.98 Å². The fourth-order valence-electron chi connectivity index (χ4n) is 2.86. The van der Waals surface area contributed by atoms with Gasteiger partial charge >= 0.3 is 0 Å². The smallest absolute Gasteiger partial charge is 0.262 e. The first-order valence-corrected chi connectivity index (χ1v) is 9.79. The minimum atomic E-state index is -0.702. The van der Waals surface area contributed by atoms with Crippen molar-refractivity contribution in [3.8, 4) is 27.4 Å². The number of thiazole rings is 1. The molecule has 1 N–H and O–H groups in total. The molecule has 30 heavy (non-hydrogen) atoms. The summed E-state index contributed by atoms with van der Waals surface area (Å²) in [6.45, 7) is 0. The van der Waals surface area contributed by atoms with Crippen LogP contribution in [-0.4, -0.2) is 16.1 Å². The summed E-state index contributed by atoms with van der Waals surface area (Å²) >= 11 is 1.46. The Kier molecular flexibility index (Phi) is 5.49. The van der Waals surface area contributed by atoms with Crippen LogP contribution >= 0.6 is 11.3 Å². The Bertz CT molecular complexity index is 1150. The molecule has 0 bridgehead atoms. The molecule has 0 aliphatic rings. The molecule has 0 saturated heterocycles. The van der Waals surface area contributed by atoms with Gasteiger partial charge in [0.2, 0.25) is 5.13 Å². The highest BCUT2D eigenvalue weighted by Crippen LogP contribution is 2.38. The maximum absolute atomic E-state index is 11.5. The van der Waals surface area contributed by atoms with Gasteiger partial charge in [0.15, 0.2) is 0 Å². The molecule has 1 aromatic heterocycles. The van der Waals surface area contributed by atoms with Crippen LogP contribution in [-0.2, 0) is 0 Å². The molecule has 0 saturated carbocycles. The van der Waals surface area contributed by atoms with Crippen molar-refractivity contribution in [2.75, 3.05) is 5.43 Å². The number of hydrogen-bond donors (Lipinski definition) is 1. The fraction of sp³-hybridized carbons (Fsp3) is 0. The first kappa shape index (κ1) is 19.3. The Morgan fingerprint density at radius 3 is 2.30 bits per heavy atom. The molecule has 7 nitrogen and oxygen atoms in total. The van der Waals surface area contributed by atoms with Crippen molar-refractivity contribution in [3.63, 3.8) is 0 Å². The Morgan fingerprint density at radius 1 is 0.967 bits per heavy atom. The molecule has 0 atom stereocenters. The van der Waals surface area contributed by atoms with Gasteiger partial charge in [-0.15, -0.1) is 0 Å². The van der Waals surface area contributed by atoms with Crippen molar-refractivity contribution < 1.29 is 10.0 Å². The molecule has 0 aliphatic heterocycles. The van der Waals surface area contributed by atoms with Crippen LogP contribution in [0, 0.1) is 10.1 Å². The third kappa shape index (κ3) is 4.18. The van der Waals surface area contributed by atoms with E-state index in [0.717, 1.165) is 27.8 Å². The van der Waals surface area contributed by atoms with Crippen LogP contribution in [0.15, 0.2) is 84.0 Å². The standard InChI is InChI=1S/C22H16N4O3S/c27-19-12-11-15(13-18(19)26(28)29)14-23-25-22-24-20(16-7-3-1-4-8-16)21(30-22)17-9-5-2-6-10-17/h1-14,27H,(H,24,25)/p-1/b23-14-. The van der Waals surface area contributed by atoms with Gasteiger partial charge in [-0.25, -0.2) is 4.98 Å². The van der Waals surface area contributed by atoms with Crippen molar-refractivity contribution in [2.24, 2.45) is 5.10 Å². The highest BCUT2D eigenvalue weighted by Gasteiger charge is 2.14. The van der Waals surface area contributed by atoms with E-state index in [-0.39, 0.29) is 0 Å². The quantitative estimate of drug-likeness (QED) is 0.274. The predicted molar refractivity (Wildman–Crippen MR) is 117 cm³/mol. The fourth-order valence-corrected chi connectivity index (χ4v) is 3.81. The average Bonchev–Trinajstić information content (AvgIpc) is 3.20. The molecule has 0 fully saturated rings. The molecule has 0 spiro atoms. The Morgan fingerprint density at radius 2 is 1.63 bits per heavy atom. The van der Waals surface area contributed by atoms with E-state index in [4.69, 9.17) is 0 Å².